The lowest BCUT2D eigenvalue weighted by Crippen LogP contribution is -2.25. The Balaban J connectivity index is 1.83. The Hall–Kier alpha value is -3.12. The second-order valence-corrected chi connectivity index (χ2v) is 4.93. The first-order valence-electron chi connectivity index (χ1n) is 6.88. The van der Waals surface area contributed by atoms with Gasteiger partial charge in [-0.3, -0.25) is 9.88 Å². The van der Waals surface area contributed by atoms with Crippen molar-refractivity contribution < 1.29 is 13.9 Å². The smallest absolute Gasteiger partial charge is 0.414 e. The normalized spacial score (nSPS) is 16.8. The Morgan fingerprint density at radius 1 is 1.39 bits per heavy atom. The molecule has 2 aromatic rings. The molecule has 0 spiro atoms. The van der Waals surface area contributed by atoms with E-state index in [1.165, 1.54) is 11.0 Å². The second kappa shape index (κ2) is 6.33. The minimum Gasteiger partial charge on any atom is -0.444 e. The topological polar surface area (TPSA) is 91.2 Å². The maximum atomic E-state index is 14.4. The van der Waals surface area contributed by atoms with Gasteiger partial charge in [0.1, 0.15) is 11.9 Å². The molecule has 0 radical (unpaired) electrons. The number of nitrogens with zero attached hydrogens (tertiary/aromatic N) is 5. The lowest BCUT2D eigenvalue weighted by atomic mass is 10.1. The Labute approximate surface area is 130 Å². The number of benzene rings is 1. The van der Waals surface area contributed by atoms with Gasteiger partial charge in [0.25, 0.3) is 0 Å². The van der Waals surface area contributed by atoms with Gasteiger partial charge in [0, 0.05) is 22.9 Å². The van der Waals surface area contributed by atoms with Crippen LogP contribution in [0.1, 0.15) is 0 Å². The Bertz CT molecular complexity index is 777. The molecule has 8 heteroatoms. The van der Waals surface area contributed by atoms with E-state index in [1.54, 1.807) is 36.7 Å². The number of cyclic esters (lactones) is 1. The molecule has 1 aliphatic rings. The van der Waals surface area contributed by atoms with E-state index in [4.69, 9.17) is 10.3 Å². The fraction of sp³-hybridized carbons (Fsp3) is 0.200. The zero-order chi connectivity index (χ0) is 16.2. The van der Waals surface area contributed by atoms with Gasteiger partial charge in [-0.2, -0.15) is 0 Å². The number of azide groups is 1. The Morgan fingerprint density at radius 3 is 2.87 bits per heavy atom. The highest BCUT2D eigenvalue weighted by Gasteiger charge is 2.32. The first-order valence-corrected chi connectivity index (χ1v) is 6.88. The highest BCUT2D eigenvalue weighted by atomic mass is 19.1. The standard InChI is InChI=1S/C15H12FN5O2/c16-14-7-11(1-2-13(14)10-3-5-18-6-4-10)21-9-12(8-19-20-17)23-15(21)22/h1-7,12H,8-9H2. The van der Waals surface area contributed by atoms with E-state index in [9.17, 15) is 9.18 Å². The first kappa shape index (κ1) is 14.8. The predicted octanol–water partition coefficient (Wildman–Crippen LogP) is 3.52. The van der Waals surface area contributed by atoms with Crippen LogP contribution in [-0.4, -0.2) is 30.3 Å². The molecule has 1 amide bonds. The molecule has 0 N–H and O–H groups in total. The van der Waals surface area contributed by atoms with E-state index < -0.39 is 18.0 Å². The van der Waals surface area contributed by atoms with Crippen LogP contribution in [0, 0.1) is 5.82 Å². The number of aromatic nitrogens is 1. The van der Waals surface area contributed by atoms with Crippen LogP contribution in [0.4, 0.5) is 14.9 Å². The SMILES string of the molecule is [N-]=[N+]=NCC1CN(c2ccc(-c3ccncc3)c(F)c2)C(=O)O1. The molecule has 1 aromatic heterocycles. The molecule has 1 fully saturated rings. The summed E-state index contributed by atoms with van der Waals surface area (Å²) in [6.07, 6.45) is 2.06. The van der Waals surface area contributed by atoms with E-state index >= 15 is 0 Å². The third-order valence-corrected chi connectivity index (χ3v) is 3.48. The summed E-state index contributed by atoms with van der Waals surface area (Å²) >= 11 is 0. The monoisotopic (exact) mass is 313 g/mol. The van der Waals surface area contributed by atoms with Crippen LogP contribution in [0.15, 0.2) is 47.8 Å². The largest absolute Gasteiger partial charge is 0.444 e. The molecule has 1 aromatic carbocycles. The van der Waals surface area contributed by atoms with E-state index in [0.717, 1.165) is 0 Å². The number of carbonyl (C=O) groups is 1. The molecule has 116 valence electrons. The van der Waals surface area contributed by atoms with Gasteiger partial charge >= 0.3 is 6.09 Å². The zero-order valence-electron chi connectivity index (χ0n) is 12.0. The first-order chi connectivity index (χ1) is 11.2. The van der Waals surface area contributed by atoms with E-state index in [0.29, 0.717) is 16.8 Å². The van der Waals surface area contributed by atoms with Crippen LogP contribution in [0.5, 0.6) is 0 Å². The second-order valence-electron chi connectivity index (χ2n) is 4.93. The lowest BCUT2D eigenvalue weighted by Gasteiger charge is -2.14. The van der Waals surface area contributed by atoms with E-state index in [1.807, 2.05) is 0 Å². The average Bonchev–Trinajstić information content (AvgIpc) is 2.94. The molecule has 1 unspecified atom stereocenters. The molecule has 1 atom stereocenters. The molecule has 7 nitrogen and oxygen atoms in total. The summed E-state index contributed by atoms with van der Waals surface area (Å²) in [6.45, 7) is 0.266. The van der Waals surface area contributed by atoms with Crippen molar-refractivity contribution in [3.63, 3.8) is 0 Å². The average molecular weight is 313 g/mol. The van der Waals surface area contributed by atoms with E-state index in [2.05, 4.69) is 15.0 Å². The summed E-state index contributed by atoms with van der Waals surface area (Å²) in [4.78, 5) is 19.7. The zero-order valence-corrected chi connectivity index (χ0v) is 12.0. The van der Waals surface area contributed by atoms with Gasteiger partial charge in [-0.25, -0.2) is 9.18 Å². The third-order valence-electron chi connectivity index (χ3n) is 3.48. The minimum atomic E-state index is -0.584. The van der Waals surface area contributed by atoms with Gasteiger partial charge in [0.05, 0.1) is 18.8 Å². The molecule has 1 aliphatic heterocycles. The maximum Gasteiger partial charge on any atom is 0.414 e. The third kappa shape index (κ3) is 3.07. The number of amides is 1. The molecule has 23 heavy (non-hydrogen) atoms. The summed E-state index contributed by atoms with van der Waals surface area (Å²) < 4.78 is 19.4. The van der Waals surface area contributed by atoms with Crippen molar-refractivity contribution in [3.05, 3.63) is 59.0 Å². The van der Waals surface area contributed by atoms with E-state index in [-0.39, 0.29) is 13.1 Å². The molecule has 3 rings (SSSR count). The van der Waals surface area contributed by atoms with Crippen molar-refractivity contribution in [1.82, 2.24) is 4.98 Å². The number of hydrogen-bond acceptors (Lipinski definition) is 4. The molecule has 0 bridgehead atoms. The van der Waals surface area contributed by atoms with Gasteiger partial charge in [-0.15, -0.1) is 0 Å². The number of anilines is 1. The highest BCUT2D eigenvalue weighted by Crippen LogP contribution is 2.28. The lowest BCUT2D eigenvalue weighted by molar-refractivity contribution is 0.145. The number of ether oxygens (including phenoxy) is 1. The summed E-state index contributed by atoms with van der Waals surface area (Å²) in [6, 6.07) is 7.95. The van der Waals surface area contributed by atoms with Gasteiger partial charge in [-0.05, 0) is 41.4 Å². The number of pyridine rings is 1. The van der Waals surface area contributed by atoms with Crippen LogP contribution in [-0.2, 0) is 4.74 Å². The number of carbonyl (C=O) groups excluding carboxylic acids is 1. The fourth-order valence-electron chi connectivity index (χ4n) is 2.39. The molecule has 0 saturated carbocycles. The molecule has 0 aliphatic carbocycles. The molecule has 2 heterocycles. The Morgan fingerprint density at radius 2 is 2.17 bits per heavy atom. The van der Waals surface area contributed by atoms with Crippen LogP contribution in [0.25, 0.3) is 21.6 Å². The minimum absolute atomic E-state index is 0.0519. The van der Waals surface area contributed by atoms with Crippen LogP contribution in [0.2, 0.25) is 0 Å². The summed E-state index contributed by atoms with van der Waals surface area (Å²) in [5, 5.41) is 3.38. The molecular formula is C15H12FN5O2. The Kier molecular flexibility index (Phi) is 4.07. The van der Waals surface area contributed by atoms with Crippen LogP contribution in [0.3, 0.4) is 0 Å². The highest BCUT2D eigenvalue weighted by molar-refractivity contribution is 5.90. The summed E-state index contributed by atoms with van der Waals surface area (Å²) in [5.74, 6) is -0.444. The van der Waals surface area contributed by atoms with Gasteiger partial charge in [0.15, 0.2) is 0 Å². The van der Waals surface area contributed by atoms with Crippen molar-refractivity contribution in [2.75, 3.05) is 18.0 Å². The van der Waals surface area contributed by atoms with Crippen molar-refractivity contribution in [2.45, 2.75) is 6.10 Å². The number of rotatable bonds is 4. The van der Waals surface area contributed by atoms with Gasteiger partial charge < -0.3 is 4.74 Å². The summed E-state index contributed by atoms with van der Waals surface area (Å²) in [5.41, 5.74) is 9.83. The quantitative estimate of drug-likeness (QED) is 0.491. The number of hydrogen-bond donors (Lipinski definition) is 0. The summed E-state index contributed by atoms with van der Waals surface area (Å²) in [7, 11) is 0. The van der Waals surface area contributed by atoms with Crippen molar-refractivity contribution in [2.24, 2.45) is 5.11 Å². The fourth-order valence-corrected chi connectivity index (χ4v) is 2.39. The number of halogens is 1. The van der Waals surface area contributed by atoms with Crippen molar-refractivity contribution >= 4 is 11.8 Å². The van der Waals surface area contributed by atoms with Gasteiger partial charge in [-0.1, -0.05) is 5.11 Å². The molecule has 1 saturated heterocycles. The van der Waals surface area contributed by atoms with Crippen molar-refractivity contribution in [1.29, 1.82) is 0 Å². The van der Waals surface area contributed by atoms with Crippen LogP contribution >= 0.6 is 0 Å². The maximum absolute atomic E-state index is 14.4. The predicted molar refractivity (Wildman–Crippen MR) is 81.3 cm³/mol. The molecular weight excluding hydrogens is 301 g/mol. The van der Waals surface area contributed by atoms with Crippen molar-refractivity contribution in [3.8, 4) is 11.1 Å². The van der Waals surface area contributed by atoms with Gasteiger partial charge in [0.2, 0.25) is 0 Å². The van der Waals surface area contributed by atoms with Crippen LogP contribution < -0.4 is 4.90 Å².